The standard InChI is InChI=1S/C26H27N6PS/c1-18-23-25(32(29-18)16-10-15-27)28-17-22(33(23,34)30-19-11-6-5-7-12-19)24-26(2,3)20-13-8-9-14-21(20)31(24)4/h5-9,11-14,17H,10,16H2,1-4H3,(H,30,34)/b24-22+. The summed E-state index contributed by atoms with van der Waals surface area (Å²) in [5.41, 5.74) is 5.24. The van der Waals surface area contributed by atoms with Crippen molar-refractivity contribution >= 4 is 46.7 Å². The molecule has 1 N–H and O–H groups in total. The summed E-state index contributed by atoms with van der Waals surface area (Å²) in [6.07, 6.45) is -0.254. The van der Waals surface area contributed by atoms with Crippen LogP contribution in [-0.2, 0) is 23.8 Å². The molecule has 2 aliphatic heterocycles. The maximum absolute atomic E-state index is 9.13. The highest BCUT2D eigenvalue weighted by atomic mass is 32.4. The first-order valence-corrected chi connectivity index (χ1v) is 14.1. The number of likely N-dealkylation sites (N-methyl/N-ethyl adjacent to an activating group) is 1. The van der Waals surface area contributed by atoms with Gasteiger partial charge in [0, 0.05) is 41.1 Å². The zero-order valence-electron chi connectivity index (χ0n) is 19.8. The van der Waals surface area contributed by atoms with Gasteiger partial charge >= 0.3 is 0 Å². The SMILES string of the molecule is Cc1nn(CCC#N)c2c1P(=S)(Nc1ccccc1)/C(=C1/N(C)c3ccccc3C1(C)C)C=N2. The van der Waals surface area contributed by atoms with Crippen LogP contribution in [-0.4, -0.2) is 23.0 Å². The maximum atomic E-state index is 9.13. The normalized spacial score (nSPS) is 22.3. The van der Waals surface area contributed by atoms with Crippen molar-refractivity contribution in [2.75, 3.05) is 17.0 Å². The summed E-state index contributed by atoms with van der Waals surface area (Å²) >= 11 is 6.63. The van der Waals surface area contributed by atoms with Gasteiger partial charge in [0.05, 0.1) is 36.2 Å². The first kappa shape index (κ1) is 22.6. The molecule has 0 saturated carbocycles. The average Bonchev–Trinajstić information content (AvgIpc) is 3.25. The van der Waals surface area contributed by atoms with Gasteiger partial charge in [0.25, 0.3) is 0 Å². The summed E-state index contributed by atoms with van der Waals surface area (Å²) in [6.45, 7) is 7.00. The number of nitrogens with one attached hydrogen (secondary N) is 1. The van der Waals surface area contributed by atoms with Gasteiger partial charge in [0.15, 0.2) is 5.82 Å². The number of anilines is 2. The number of fused-ring (bicyclic) bond motifs is 2. The highest BCUT2D eigenvalue weighted by molar-refractivity contribution is 8.21. The molecule has 0 amide bonds. The Hall–Kier alpha value is -3.20. The number of nitrogens with zero attached hydrogens (tertiary/aromatic N) is 5. The lowest BCUT2D eigenvalue weighted by Crippen LogP contribution is -2.29. The predicted octanol–water partition coefficient (Wildman–Crippen LogP) is 5.59. The summed E-state index contributed by atoms with van der Waals surface area (Å²) in [5.74, 6) is 0.764. The monoisotopic (exact) mass is 486 g/mol. The van der Waals surface area contributed by atoms with Crippen molar-refractivity contribution < 1.29 is 0 Å². The van der Waals surface area contributed by atoms with Crippen LogP contribution in [0.15, 0.2) is 70.6 Å². The van der Waals surface area contributed by atoms with Crippen LogP contribution in [0.2, 0.25) is 0 Å². The molecule has 2 aromatic carbocycles. The van der Waals surface area contributed by atoms with Crippen LogP contribution in [0.3, 0.4) is 0 Å². The molecule has 3 aromatic rings. The van der Waals surface area contributed by atoms with E-state index in [1.54, 1.807) is 0 Å². The smallest absolute Gasteiger partial charge is 0.161 e. The van der Waals surface area contributed by atoms with Crippen molar-refractivity contribution in [1.82, 2.24) is 9.78 Å². The molecule has 3 heterocycles. The highest BCUT2D eigenvalue weighted by Gasteiger charge is 2.45. The third kappa shape index (κ3) is 3.33. The highest BCUT2D eigenvalue weighted by Crippen LogP contribution is 2.61. The number of hydrogen-bond donors (Lipinski definition) is 1. The molecule has 0 fully saturated rings. The van der Waals surface area contributed by atoms with Crippen molar-refractivity contribution in [3.05, 3.63) is 76.9 Å². The molecule has 0 bridgehead atoms. The Bertz CT molecular complexity index is 1430. The fourth-order valence-corrected chi connectivity index (χ4v) is 9.41. The molecule has 0 aliphatic carbocycles. The largest absolute Gasteiger partial charge is 0.351 e. The molecule has 0 saturated heterocycles. The number of nitriles is 1. The van der Waals surface area contributed by atoms with Gasteiger partial charge in [-0.25, -0.2) is 9.67 Å². The van der Waals surface area contributed by atoms with E-state index in [0.717, 1.165) is 27.8 Å². The minimum atomic E-state index is -2.57. The lowest BCUT2D eigenvalue weighted by Gasteiger charge is -2.35. The minimum Gasteiger partial charge on any atom is -0.351 e. The van der Waals surface area contributed by atoms with Gasteiger partial charge in [-0.3, -0.25) is 0 Å². The molecule has 172 valence electrons. The van der Waals surface area contributed by atoms with Crippen molar-refractivity contribution in [3.8, 4) is 6.07 Å². The van der Waals surface area contributed by atoms with E-state index >= 15 is 0 Å². The fraction of sp³-hybridized carbons (Fsp3) is 0.269. The lowest BCUT2D eigenvalue weighted by molar-refractivity contribution is 0.626. The number of rotatable bonds is 4. The van der Waals surface area contributed by atoms with Crippen molar-refractivity contribution in [2.45, 2.75) is 39.2 Å². The van der Waals surface area contributed by atoms with Crippen LogP contribution in [0.25, 0.3) is 0 Å². The van der Waals surface area contributed by atoms with E-state index < -0.39 is 6.19 Å². The Kier molecular flexibility index (Phi) is 5.47. The average molecular weight is 487 g/mol. The van der Waals surface area contributed by atoms with E-state index in [1.807, 2.05) is 36.0 Å². The molecule has 2 aliphatic rings. The van der Waals surface area contributed by atoms with Gasteiger partial charge in [-0.05, 0) is 30.7 Å². The number of aromatic nitrogens is 2. The zero-order chi connectivity index (χ0) is 24.1. The number of para-hydroxylation sites is 2. The van der Waals surface area contributed by atoms with Crippen LogP contribution >= 0.6 is 6.19 Å². The first-order valence-electron chi connectivity index (χ1n) is 11.3. The van der Waals surface area contributed by atoms with Crippen LogP contribution in [0.1, 0.15) is 31.5 Å². The lowest BCUT2D eigenvalue weighted by atomic mass is 9.84. The third-order valence-electron chi connectivity index (χ3n) is 6.64. The predicted molar refractivity (Wildman–Crippen MR) is 144 cm³/mol. The molecule has 1 atom stereocenters. The number of aryl methyl sites for hydroxylation is 2. The Labute approximate surface area is 205 Å². The van der Waals surface area contributed by atoms with E-state index in [-0.39, 0.29) is 5.41 Å². The molecular weight excluding hydrogens is 459 g/mol. The van der Waals surface area contributed by atoms with Crippen LogP contribution in [0.5, 0.6) is 0 Å². The van der Waals surface area contributed by atoms with Crippen molar-refractivity contribution in [2.24, 2.45) is 4.99 Å². The molecule has 8 heteroatoms. The van der Waals surface area contributed by atoms with E-state index in [2.05, 4.69) is 73.3 Å². The summed E-state index contributed by atoms with van der Waals surface area (Å²) in [7, 11) is 2.12. The van der Waals surface area contributed by atoms with E-state index in [1.165, 1.54) is 16.9 Å². The second-order valence-electron chi connectivity index (χ2n) is 9.17. The molecule has 6 nitrogen and oxygen atoms in total. The van der Waals surface area contributed by atoms with Gasteiger partial charge in [-0.2, -0.15) is 10.4 Å². The number of aliphatic imine (C=N–C) groups is 1. The zero-order valence-corrected chi connectivity index (χ0v) is 21.5. The Morgan fingerprint density at radius 2 is 1.82 bits per heavy atom. The number of benzene rings is 2. The van der Waals surface area contributed by atoms with Crippen LogP contribution < -0.4 is 15.3 Å². The third-order valence-corrected chi connectivity index (χ3v) is 10.8. The second kappa shape index (κ2) is 8.23. The summed E-state index contributed by atoms with van der Waals surface area (Å²) in [5, 5.41) is 19.7. The molecule has 34 heavy (non-hydrogen) atoms. The van der Waals surface area contributed by atoms with Gasteiger partial charge < -0.3 is 9.99 Å². The second-order valence-corrected chi connectivity index (χ2v) is 13.2. The van der Waals surface area contributed by atoms with Crippen LogP contribution in [0.4, 0.5) is 17.2 Å². The minimum absolute atomic E-state index is 0.239. The topological polar surface area (TPSA) is 69.2 Å². The fourth-order valence-electron chi connectivity index (χ4n) is 5.17. The molecule has 1 unspecified atom stereocenters. The number of allylic oxidation sites excluding steroid dienone is 2. The van der Waals surface area contributed by atoms with Gasteiger partial charge in [0.1, 0.15) is 0 Å². The Balaban J connectivity index is 1.78. The molecule has 0 spiro atoms. The first-order chi connectivity index (χ1) is 16.3. The van der Waals surface area contributed by atoms with Crippen molar-refractivity contribution in [3.63, 3.8) is 0 Å². The summed E-state index contributed by atoms with van der Waals surface area (Å²) < 4.78 is 1.83. The quantitative estimate of drug-likeness (QED) is 0.487. The Morgan fingerprint density at radius 3 is 2.53 bits per heavy atom. The van der Waals surface area contributed by atoms with E-state index in [4.69, 9.17) is 27.2 Å². The molecule has 1 aromatic heterocycles. The summed E-state index contributed by atoms with van der Waals surface area (Å²) in [6, 6.07) is 20.9. The van der Waals surface area contributed by atoms with Gasteiger partial charge in [-0.15, -0.1) is 0 Å². The Morgan fingerprint density at radius 1 is 1.12 bits per heavy atom. The molecular formula is C26H27N6PS. The maximum Gasteiger partial charge on any atom is 0.161 e. The molecule has 5 rings (SSSR count). The number of hydrogen-bond acceptors (Lipinski definition) is 5. The van der Waals surface area contributed by atoms with Gasteiger partial charge in [0.2, 0.25) is 0 Å². The van der Waals surface area contributed by atoms with E-state index in [0.29, 0.717) is 13.0 Å². The van der Waals surface area contributed by atoms with Crippen LogP contribution in [0, 0.1) is 18.3 Å². The summed E-state index contributed by atoms with van der Waals surface area (Å²) in [4.78, 5) is 7.16. The van der Waals surface area contributed by atoms with Gasteiger partial charge in [-0.1, -0.05) is 62.1 Å². The van der Waals surface area contributed by atoms with Crippen molar-refractivity contribution in [1.29, 1.82) is 5.26 Å². The van der Waals surface area contributed by atoms with E-state index in [9.17, 15) is 0 Å². The molecule has 0 radical (unpaired) electrons.